The molecule has 1 atom stereocenters. The molecule has 174 valence electrons. The second kappa shape index (κ2) is 9.45. The topological polar surface area (TPSA) is 99.3 Å². The van der Waals surface area contributed by atoms with Gasteiger partial charge in [-0.05, 0) is 56.6 Å². The Hall–Kier alpha value is -3.03. The van der Waals surface area contributed by atoms with E-state index in [1.165, 1.54) is 12.8 Å². The zero-order chi connectivity index (χ0) is 22.8. The van der Waals surface area contributed by atoms with Gasteiger partial charge >= 0.3 is 0 Å². The molecule has 2 aromatic rings. The summed E-state index contributed by atoms with van der Waals surface area (Å²) in [6, 6.07) is 3.20. The summed E-state index contributed by atoms with van der Waals surface area (Å²) in [5.74, 6) is 1.15. The number of hydrogen-bond acceptors (Lipinski definition) is 5. The van der Waals surface area contributed by atoms with Gasteiger partial charge in [0.05, 0.1) is 18.3 Å². The number of piperidine rings is 1. The summed E-state index contributed by atoms with van der Waals surface area (Å²) >= 11 is 0. The lowest BCUT2D eigenvalue weighted by Crippen LogP contribution is -2.42. The van der Waals surface area contributed by atoms with Crippen LogP contribution in [0.2, 0.25) is 0 Å². The number of pyridine rings is 1. The number of rotatable bonds is 4. The molecule has 1 saturated heterocycles. The lowest BCUT2D eigenvalue weighted by Gasteiger charge is -2.36. The lowest BCUT2D eigenvalue weighted by molar-refractivity contribution is -0.136. The van der Waals surface area contributed by atoms with Crippen molar-refractivity contribution in [1.29, 1.82) is 0 Å². The highest BCUT2D eigenvalue weighted by molar-refractivity contribution is 5.94. The van der Waals surface area contributed by atoms with Crippen molar-refractivity contribution in [2.24, 2.45) is 5.92 Å². The van der Waals surface area contributed by atoms with Crippen molar-refractivity contribution >= 4 is 11.8 Å². The van der Waals surface area contributed by atoms with E-state index in [-0.39, 0.29) is 23.4 Å². The fraction of sp³-hybridized carbons (Fsp3) is 0.560. The Morgan fingerprint density at radius 2 is 1.79 bits per heavy atom. The van der Waals surface area contributed by atoms with Gasteiger partial charge in [-0.3, -0.25) is 19.4 Å². The van der Waals surface area contributed by atoms with Gasteiger partial charge in [0.15, 0.2) is 0 Å². The number of aromatic nitrogens is 3. The normalized spacial score (nSPS) is 21.2. The smallest absolute Gasteiger partial charge is 0.254 e. The molecule has 1 unspecified atom stereocenters. The zero-order valence-corrected chi connectivity index (χ0v) is 19.0. The van der Waals surface area contributed by atoms with E-state index in [0.29, 0.717) is 61.0 Å². The summed E-state index contributed by atoms with van der Waals surface area (Å²) in [5.41, 5.74) is 1.74. The van der Waals surface area contributed by atoms with Crippen molar-refractivity contribution in [3.05, 3.63) is 57.5 Å². The number of amides is 2. The summed E-state index contributed by atoms with van der Waals surface area (Å²) in [6.07, 6.45) is 11.8. The maximum absolute atomic E-state index is 13.2. The third-order valence-corrected chi connectivity index (χ3v) is 7.38. The molecule has 2 aliphatic heterocycles. The molecular formula is C25H31N5O3. The number of aromatic amines is 1. The minimum absolute atomic E-state index is 0.0854. The van der Waals surface area contributed by atoms with Gasteiger partial charge in [0.1, 0.15) is 5.82 Å². The van der Waals surface area contributed by atoms with Gasteiger partial charge in [-0.2, -0.15) is 0 Å². The molecule has 2 fully saturated rings. The first-order chi connectivity index (χ1) is 16.1. The molecule has 8 nitrogen and oxygen atoms in total. The first kappa shape index (κ1) is 21.8. The maximum atomic E-state index is 13.2. The zero-order valence-electron chi connectivity index (χ0n) is 19.0. The van der Waals surface area contributed by atoms with E-state index in [9.17, 15) is 14.4 Å². The Morgan fingerprint density at radius 3 is 2.58 bits per heavy atom. The quantitative estimate of drug-likeness (QED) is 0.774. The third-order valence-electron chi connectivity index (χ3n) is 7.38. The second-order valence-electron chi connectivity index (χ2n) is 9.54. The molecule has 2 amide bonds. The number of nitrogens with one attached hydrogen (secondary N) is 1. The van der Waals surface area contributed by atoms with Crippen LogP contribution in [0.5, 0.6) is 0 Å². The number of carbonyl (C=O) groups is 2. The number of carbonyl (C=O) groups excluding carboxylic acids is 2. The Kier molecular flexibility index (Phi) is 6.24. The summed E-state index contributed by atoms with van der Waals surface area (Å²) in [6.45, 7) is 1.49. The number of H-pyrrole nitrogens is 1. The van der Waals surface area contributed by atoms with Crippen molar-refractivity contribution in [3.63, 3.8) is 0 Å². The van der Waals surface area contributed by atoms with Crippen molar-refractivity contribution in [3.8, 4) is 0 Å². The molecule has 0 bridgehead atoms. The second-order valence-corrected chi connectivity index (χ2v) is 9.54. The number of hydrogen-bond donors (Lipinski definition) is 1. The molecule has 0 aromatic carbocycles. The fourth-order valence-corrected chi connectivity index (χ4v) is 5.56. The van der Waals surface area contributed by atoms with Gasteiger partial charge in [-0.25, -0.2) is 4.98 Å². The Morgan fingerprint density at radius 1 is 1.03 bits per heavy atom. The summed E-state index contributed by atoms with van der Waals surface area (Å²) < 4.78 is 0. The minimum Gasteiger partial charge on any atom is -0.333 e. The van der Waals surface area contributed by atoms with Gasteiger partial charge in [-0.1, -0.05) is 12.8 Å². The molecule has 0 radical (unpaired) electrons. The lowest BCUT2D eigenvalue weighted by atomic mass is 9.97. The first-order valence-corrected chi connectivity index (χ1v) is 12.2. The van der Waals surface area contributed by atoms with Crippen LogP contribution in [0.4, 0.5) is 0 Å². The highest BCUT2D eigenvalue weighted by Gasteiger charge is 2.33. The SMILES string of the molecule is O=C(c1ccncc1)N1CCc2c(nc(C3CCCCN3C(=O)CC3CCCC3)[nH]c2=O)C1. The molecule has 0 spiro atoms. The molecule has 3 aliphatic rings. The maximum Gasteiger partial charge on any atom is 0.254 e. The summed E-state index contributed by atoms with van der Waals surface area (Å²) in [4.78, 5) is 54.5. The van der Waals surface area contributed by atoms with E-state index in [1.807, 2.05) is 4.90 Å². The molecule has 4 heterocycles. The van der Waals surface area contributed by atoms with E-state index >= 15 is 0 Å². The Bertz CT molecular complexity index is 1080. The van der Waals surface area contributed by atoms with Crippen LogP contribution in [0.3, 0.4) is 0 Å². The monoisotopic (exact) mass is 449 g/mol. The van der Waals surface area contributed by atoms with Crippen LogP contribution in [0.25, 0.3) is 0 Å². The van der Waals surface area contributed by atoms with Crippen molar-refractivity contribution in [2.75, 3.05) is 13.1 Å². The van der Waals surface area contributed by atoms with E-state index in [4.69, 9.17) is 4.98 Å². The standard InChI is InChI=1S/C25H31N5O3/c31-22(15-17-5-1-2-6-17)30-13-4-3-7-21(30)23-27-20-16-29(14-10-19(20)24(32)28-23)25(33)18-8-11-26-12-9-18/h8-9,11-12,17,21H,1-7,10,13-16H2,(H,27,28,32). The Labute approximate surface area is 193 Å². The van der Waals surface area contributed by atoms with Crippen LogP contribution in [-0.2, 0) is 17.8 Å². The van der Waals surface area contributed by atoms with Crippen LogP contribution in [0.1, 0.15) is 84.8 Å². The minimum atomic E-state index is -0.197. The molecule has 5 rings (SSSR count). The van der Waals surface area contributed by atoms with Crippen LogP contribution in [0.15, 0.2) is 29.3 Å². The highest BCUT2D eigenvalue weighted by atomic mass is 16.2. The predicted octanol–water partition coefficient (Wildman–Crippen LogP) is 3.00. The van der Waals surface area contributed by atoms with Crippen molar-refractivity contribution in [1.82, 2.24) is 24.8 Å². The van der Waals surface area contributed by atoms with Gasteiger partial charge in [0, 0.05) is 43.0 Å². The van der Waals surface area contributed by atoms with Crippen molar-refractivity contribution < 1.29 is 9.59 Å². The molecular weight excluding hydrogens is 418 g/mol. The molecule has 1 N–H and O–H groups in total. The molecule has 8 heteroatoms. The van der Waals surface area contributed by atoms with Gasteiger partial charge in [-0.15, -0.1) is 0 Å². The van der Waals surface area contributed by atoms with Crippen LogP contribution >= 0.6 is 0 Å². The Balaban J connectivity index is 1.38. The third kappa shape index (κ3) is 4.56. The predicted molar refractivity (Wildman–Crippen MR) is 122 cm³/mol. The largest absolute Gasteiger partial charge is 0.333 e. The first-order valence-electron chi connectivity index (χ1n) is 12.2. The van der Waals surface area contributed by atoms with Crippen LogP contribution < -0.4 is 5.56 Å². The number of likely N-dealkylation sites (tertiary alicyclic amines) is 1. The van der Waals surface area contributed by atoms with Crippen molar-refractivity contribution in [2.45, 2.75) is 70.4 Å². The summed E-state index contributed by atoms with van der Waals surface area (Å²) in [5, 5.41) is 0. The summed E-state index contributed by atoms with van der Waals surface area (Å²) in [7, 11) is 0. The van der Waals surface area contributed by atoms with E-state index in [1.54, 1.807) is 29.4 Å². The molecule has 33 heavy (non-hydrogen) atoms. The van der Waals surface area contributed by atoms with E-state index < -0.39 is 0 Å². The molecule has 1 saturated carbocycles. The van der Waals surface area contributed by atoms with Crippen LogP contribution in [0, 0.1) is 5.92 Å². The van der Waals surface area contributed by atoms with E-state index in [2.05, 4.69) is 9.97 Å². The molecule has 2 aromatic heterocycles. The van der Waals surface area contributed by atoms with Gasteiger partial charge < -0.3 is 14.8 Å². The van der Waals surface area contributed by atoms with Crippen LogP contribution in [-0.4, -0.2) is 49.7 Å². The van der Waals surface area contributed by atoms with Gasteiger partial charge in [0.2, 0.25) is 5.91 Å². The average Bonchev–Trinajstić information content (AvgIpc) is 3.36. The average molecular weight is 450 g/mol. The highest BCUT2D eigenvalue weighted by Crippen LogP contribution is 2.33. The number of nitrogens with zero attached hydrogens (tertiary/aromatic N) is 4. The van der Waals surface area contributed by atoms with E-state index in [0.717, 1.165) is 32.1 Å². The number of fused-ring (bicyclic) bond motifs is 1. The fourth-order valence-electron chi connectivity index (χ4n) is 5.56. The van der Waals surface area contributed by atoms with Gasteiger partial charge in [0.25, 0.3) is 11.5 Å². The molecule has 1 aliphatic carbocycles.